The third kappa shape index (κ3) is 5.44. The molecule has 2 N–H and O–H groups in total. The molecule has 0 heterocycles. The van der Waals surface area contributed by atoms with E-state index in [0.29, 0.717) is 5.92 Å². The first-order valence-electron chi connectivity index (χ1n) is 8.47. The Labute approximate surface area is 151 Å². The van der Waals surface area contributed by atoms with E-state index in [0.717, 1.165) is 19.3 Å². The molecule has 146 valence electrons. The Bertz CT molecular complexity index is 733. The lowest BCUT2D eigenvalue weighted by Crippen LogP contribution is -2.43. The van der Waals surface area contributed by atoms with Crippen molar-refractivity contribution in [1.82, 2.24) is 10.0 Å². The fourth-order valence-electron chi connectivity index (χ4n) is 3.08. The zero-order valence-electron chi connectivity index (χ0n) is 14.6. The van der Waals surface area contributed by atoms with Crippen LogP contribution in [0.5, 0.6) is 0 Å². The molecule has 1 aromatic carbocycles. The number of carbonyl (C=O) groups excluding carboxylic acids is 1. The number of alkyl halides is 3. The second-order valence-electron chi connectivity index (χ2n) is 6.82. The molecule has 9 heteroatoms. The van der Waals surface area contributed by atoms with E-state index in [-0.39, 0.29) is 22.4 Å². The van der Waals surface area contributed by atoms with E-state index >= 15 is 0 Å². The second kappa shape index (κ2) is 7.96. The van der Waals surface area contributed by atoms with Crippen LogP contribution >= 0.6 is 0 Å². The first kappa shape index (κ1) is 20.7. The number of halogens is 3. The summed E-state index contributed by atoms with van der Waals surface area (Å²) < 4.78 is 64.2. The third-order valence-corrected chi connectivity index (χ3v) is 6.40. The molecular formula is C17H23F3N2O3S. The van der Waals surface area contributed by atoms with Gasteiger partial charge in [0.15, 0.2) is 0 Å². The molecule has 0 spiro atoms. The summed E-state index contributed by atoms with van der Waals surface area (Å²) >= 11 is 0. The first-order chi connectivity index (χ1) is 12.0. The average Bonchev–Trinajstić information content (AvgIpc) is 2.56. The van der Waals surface area contributed by atoms with Gasteiger partial charge in [-0.1, -0.05) is 26.7 Å². The molecule has 1 saturated carbocycles. The number of rotatable bonds is 5. The summed E-state index contributed by atoms with van der Waals surface area (Å²) in [6, 6.07) is 4.70. The molecule has 0 bridgehead atoms. The van der Waals surface area contributed by atoms with E-state index in [9.17, 15) is 26.4 Å². The van der Waals surface area contributed by atoms with E-state index in [2.05, 4.69) is 11.6 Å². The van der Waals surface area contributed by atoms with Crippen molar-refractivity contribution in [3.8, 4) is 0 Å². The van der Waals surface area contributed by atoms with Crippen LogP contribution in [0.2, 0.25) is 0 Å². The molecule has 1 aliphatic carbocycles. The summed E-state index contributed by atoms with van der Waals surface area (Å²) in [5.74, 6) is -0.268. The largest absolute Gasteiger partial charge is 0.405 e. The van der Waals surface area contributed by atoms with Gasteiger partial charge in [-0.15, -0.1) is 0 Å². The monoisotopic (exact) mass is 392 g/mol. The average molecular weight is 392 g/mol. The standard InChI is InChI=1S/C17H23F3N2O3S/c1-11-4-3-5-15(12(11)2)22-26(24,25)14-8-6-13(7-9-14)16(23)21-10-17(18,19)20/h6-9,11-12,15,22H,3-5,10H2,1-2H3,(H,21,23). The molecule has 2 rings (SSSR count). The number of hydrogen-bond donors (Lipinski definition) is 2. The number of amides is 1. The summed E-state index contributed by atoms with van der Waals surface area (Å²) in [4.78, 5) is 11.7. The Morgan fingerprint density at radius 1 is 1.15 bits per heavy atom. The van der Waals surface area contributed by atoms with Crippen molar-refractivity contribution in [1.29, 1.82) is 0 Å². The molecule has 1 aromatic rings. The van der Waals surface area contributed by atoms with Crippen molar-refractivity contribution >= 4 is 15.9 Å². The molecule has 1 fully saturated rings. The van der Waals surface area contributed by atoms with Crippen molar-refractivity contribution in [3.63, 3.8) is 0 Å². The maximum atomic E-state index is 12.5. The molecule has 0 aromatic heterocycles. The van der Waals surface area contributed by atoms with Gasteiger partial charge in [0.05, 0.1) is 4.90 Å². The first-order valence-corrected chi connectivity index (χ1v) is 9.95. The Morgan fingerprint density at radius 2 is 1.77 bits per heavy atom. The predicted octanol–water partition coefficient (Wildman–Crippen LogP) is 3.08. The van der Waals surface area contributed by atoms with Crippen molar-refractivity contribution in [2.24, 2.45) is 11.8 Å². The minimum atomic E-state index is -4.50. The number of carbonyl (C=O) groups is 1. The van der Waals surface area contributed by atoms with E-state index < -0.39 is 28.7 Å². The van der Waals surface area contributed by atoms with Gasteiger partial charge in [0.25, 0.3) is 5.91 Å². The van der Waals surface area contributed by atoms with Gasteiger partial charge in [0.1, 0.15) is 6.54 Å². The van der Waals surface area contributed by atoms with E-state index in [1.165, 1.54) is 24.3 Å². The zero-order chi connectivity index (χ0) is 19.5. The van der Waals surface area contributed by atoms with Crippen LogP contribution in [0, 0.1) is 11.8 Å². The summed E-state index contributed by atoms with van der Waals surface area (Å²) in [5, 5.41) is 1.74. The fraction of sp³-hybridized carbons (Fsp3) is 0.588. The second-order valence-corrected chi connectivity index (χ2v) is 8.53. The van der Waals surface area contributed by atoms with Crippen molar-refractivity contribution in [2.75, 3.05) is 6.54 Å². The Morgan fingerprint density at radius 3 is 2.35 bits per heavy atom. The van der Waals surface area contributed by atoms with Crippen molar-refractivity contribution in [2.45, 2.75) is 50.2 Å². The van der Waals surface area contributed by atoms with Crippen LogP contribution in [0.3, 0.4) is 0 Å². The fourth-order valence-corrected chi connectivity index (χ4v) is 4.45. The minimum Gasteiger partial charge on any atom is -0.343 e. The van der Waals surface area contributed by atoms with Gasteiger partial charge in [0, 0.05) is 11.6 Å². The molecule has 5 nitrogen and oxygen atoms in total. The van der Waals surface area contributed by atoms with Crippen LogP contribution < -0.4 is 10.0 Å². The predicted molar refractivity (Wildman–Crippen MR) is 91.1 cm³/mol. The lowest BCUT2D eigenvalue weighted by Gasteiger charge is -2.34. The van der Waals surface area contributed by atoms with Crippen molar-refractivity contribution < 1.29 is 26.4 Å². The summed E-state index contributed by atoms with van der Waals surface area (Å²) in [6.45, 7) is 2.68. The lowest BCUT2D eigenvalue weighted by atomic mass is 9.78. The minimum absolute atomic E-state index is 0.0182. The molecule has 3 unspecified atom stereocenters. The summed E-state index contributed by atoms with van der Waals surface area (Å²) in [6.07, 6.45) is -1.71. The van der Waals surface area contributed by atoms with Crippen LogP contribution in [-0.2, 0) is 10.0 Å². The highest BCUT2D eigenvalue weighted by molar-refractivity contribution is 7.89. The maximum absolute atomic E-state index is 12.5. The smallest absolute Gasteiger partial charge is 0.343 e. The van der Waals surface area contributed by atoms with Gasteiger partial charge in [-0.25, -0.2) is 13.1 Å². The Balaban J connectivity index is 2.05. The van der Waals surface area contributed by atoms with Crippen LogP contribution in [0.1, 0.15) is 43.5 Å². The van der Waals surface area contributed by atoms with Gasteiger partial charge in [-0.2, -0.15) is 13.2 Å². The van der Waals surface area contributed by atoms with Crippen molar-refractivity contribution in [3.05, 3.63) is 29.8 Å². The summed E-state index contributed by atoms with van der Waals surface area (Å²) in [7, 11) is -3.76. The van der Waals surface area contributed by atoms with E-state index in [1.54, 1.807) is 5.32 Å². The molecule has 1 amide bonds. The number of sulfonamides is 1. The lowest BCUT2D eigenvalue weighted by molar-refractivity contribution is -0.123. The van der Waals surface area contributed by atoms with Crippen LogP contribution in [0.25, 0.3) is 0 Å². The summed E-state index contributed by atoms with van der Waals surface area (Å²) in [5.41, 5.74) is -0.0344. The molecular weight excluding hydrogens is 369 g/mol. The van der Waals surface area contributed by atoms with Gasteiger partial charge in [-0.05, 0) is 42.5 Å². The third-order valence-electron chi connectivity index (χ3n) is 4.89. The van der Waals surface area contributed by atoms with Gasteiger partial charge in [-0.3, -0.25) is 4.79 Å². The highest BCUT2D eigenvalue weighted by Gasteiger charge is 2.31. The van der Waals surface area contributed by atoms with Crippen LogP contribution in [-0.4, -0.2) is 33.1 Å². The highest BCUT2D eigenvalue weighted by atomic mass is 32.2. The van der Waals surface area contributed by atoms with Gasteiger partial charge < -0.3 is 5.32 Å². The van der Waals surface area contributed by atoms with E-state index in [1.807, 2.05) is 6.92 Å². The van der Waals surface area contributed by atoms with Gasteiger partial charge in [0.2, 0.25) is 10.0 Å². The number of nitrogens with one attached hydrogen (secondary N) is 2. The Kier molecular flexibility index (Phi) is 6.33. The highest BCUT2D eigenvalue weighted by Crippen LogP contribution is 2.30. The molecule has 26 heavy (non-hydrogen) atoms. The quantitative estimate of drug-likeness (QED) is 0.809. The number of hydrogen-bond acceptors (Lipinski definition) is 3. The zero-order valence-corrected chi connectivity index (χ0v) is 15.5. The normalized spacial score (nSPS) is 24.3. The van der Waals surface area contributed by atoms with Crippen LogP contribution in [0.15, 0.2) is 29.2 Å². The molecule has 0 aliphatic heterocycles. The van der Waals surface area contributed by atoms with Crippen LogP contribution in [0.4, 0.5) is 13.2 Å². The molecule has 0 saturated heterocycles. The SMILES string of the molecule is CC1CCCC(NS(=O)(=O)c2ccc(C(=O)NCC(F)(F)F)cc2)C1C. The molecule has 0 radical (unpaired) electrons. The maximum Gasteiger partial charge on any atom is 0.405 e. The van der Waals surface area contributed by atoms with E-state index in [4.69, 9.17) is 0 Å². The number of benzene rings is 1. The van der Waals surface area contributed by atoms with Gasteiger partial charge >= 0.3 is 6.18 Å². The molecule has 3 atom stereocenters. The topological polar surface area (TPSA) is 75.3 Å². The molecule has 1 aliphatic rings. The Hall–Kier alpha value is -1.61.